The monoisotopic (exact) mass is 474 g/mol. The van der Waals surface area contributed by atoms with Crippen LogP contribution in [0.25, 0.3) is 16.9 Å². The quantitative estimate of drug-likeness (QED) is 0.291. The van der Waals surface area contributed by atoms with Gasteiger partial charge in [-0.2, -0.15) is 4.98 Å². The van der Waals surface area contributed by atoms with Crippen LogP contribution in [0, 0.1) is 0 Å². The summed E-state index contributed by atoms with van der Waals surface area (Å²) in [7, 11) is 0. The van der Waals surface area contributed by atoms with E-state index in [0.717, 1.165) is 35.6 Å². The number of nitrogens with zero attached hydrogens (tertiary/aromatic N) is 3. The van der Waals surface area contributed by atoms with E-state index in [2.05, 4.69) is 44.2 Å². The molecule has 0 spiro atoms. The number of rotatable bonds is 7. The molecular weight excluding hydrogens is 448 g/mol. The first-order valence-corrected chi connectivity index (χ1v) is 12.1. The SMILES string of the molecule is O=C(NCCC1CNc2ccccc21)c1ccc(-c2cccc3nc(Nc4ccccc4)nn23)cc1. The summed E-state index contributed by atoms with van der Waals surface area (Å²) in [6, 6.07) is 31.7. The highest BCUT2D eigenvalue weighted by Crippen LogP contribution is 2.32. The molecule has 3 aromatic carbocycles. The second kappa shape index (κ2) is 9.54. The van der Waals surface area contributed by atoms with Gasteiger partial charge in [0.25, 0.3) is 5.91 Å². The Morgan fingerprint density at radius 2 is 1.72 bits per heavy atom. The molecular formula is C29H26N6O. The Labute approximate surface area is 209 Å². The number of anilines is 3. The zero-order valence-corrected chi connectivity index (χ0v) is 19.7. The number of amides is 1. The van der Waals surface area contributed by atoms with E-state index >= 15 is 0 Å². The molecule has 0 aliphatic carbocycles. The molecule has 36 heavy (non-hydrogen) atoms. The maximum absolute atomic E-state index is 12.7. The smallest absolute Gasteiger partial charge is 0.251 e. The Bertz CT molecular complexity index is 1510. The molecule has 6 rings (SSSR count). The van der Waals surface area contributed by atoms with Crippen molar-refractivity contribution in [2.75, 3.05) is 23.7 Å². The fraction of sp³-hybridized carbons (Fsp3) is 0.138. The predicted octanol–water partition coefficient (Wildman–Crippen LogP) is 5.47. The van der Waals surface area contributed by atoms with Crippen LogP contribution in [-0.4, -0.2) is 33.6 Å². The molecule has 0 radical (unpaired) electrons. The van der Waals surface area contributed by atoms with Crippen molar-refractivity contribution in [3.8, 4) is 11.3 Å². The highest BCUT2D eigenvalue weighted by atomic mass is 16.1. The summed E-state index contributed by atoms with van der Waals surface area (Å²) in [5.41, 5.74) is 6.72. The first-order valence-electron chi connectivity index (χ1n) is 12.1. The van der Waals surface area contributed by atoms with Crippen LogP contribution in [0.15, 0.2) is 97.1 Å². The maximum Gasteiger partial charge on any atom is 0.251 e. The van der Waals surface area contributed by atoms with E-state index in [1.807, 2.05) is 83.4 Å². The second-order valence-electron chi connectivity index (χ2n) is 8.89. The Morgan fingerprint density at radius 1 is 0.917 bits per heavy atom. The van der Waals surface area contributed by atoms with Crippen molar-refractivity contribution in [2.24, 2.45) is 0 Å². The number of nitrogens with one attached hydrogen (secondary N) is 3. The van der Waals surface area contributed by atoms with E-state index in [0.29, 0.717) is 24.0 Å². The van der Waals surface area contributed by atoms with E-state index in [4.69, 9.17) is 0 Å². The van der Waals surface area contributed by atoms with E-state index in [1.165, 1.54) is 11.3 Å². The van der Waals surface area contributed by atoms with Crippen LogP contribution >= 0.6 is 0 Å². The molecule has 0 saturated carbocycles. The lowest BCUT2D eigenvalue weighted by molar-refractivity contribution is 0.0952. The lowest BCUT2D eigenvalue weighted by Gasteiger charge is -2.11. The van der Waals surface area contributed by atoms with Crippen LogP contribution in [0.1, 0.15) is 28.3 Å². The Morgan fingerprint density at radius 3 is 2.58 bits per heavy atom. The molecule has 0 saturated heterocycles. The maximum atomic E-state index is 12.7. The normalized spacial score (nSPS) is 14.3. The minimum Gasteiger partial charge on any atom is -0.384 e. The summed E-state index contributed by atoms with van der Waals surface area (Å²) in [5.74, 6) is 0.896. The number of para-hydroxylation sites is 2. The van der Waals surface area contributed by atoms with E-state index < -0.39 is 0 Å². The van der Waals surface area contributed by atoms with Gasteiger partial charge >= 0.3 is 0 Å². The van der Waals surface area contributed by atoms with Gasteiger partial charge in [-0.1, -0.05) is 54.6 Å². The van der Waals surface area contributed by atoms with Crippen molar-refractivity contribution >= 4 is 28.9 Å². The van der Waals surface area contributed by atoms with Crippen molar-refractivity contribution in [2.45, 2.75) is 12.3 Å². The summed E-state index contributed by atoms with van der Waals surface area (Å²) in [6.07, 6.45) is 0.904. The van der Waals surface area contributed by atoms with Crippen molar-refractivity contribution in [1.82, 2.24) is 19.9 Å². The molecule has 178 valence electrons. The summed E-state index contributed by atoms with van der Waals surface area (Å²) in [6.45, 7) is 1.55. The van der Waals surface area contributed by atoms with E-state index in [-0.39, 0.29) is 5.91 Å². The number of benzene rings is 3. The lowest BCUT2D eigenvalue weighted by Crippen LogP contribution is -2.25. The van der Waals surface area contributed by atoms with Crippen molar-refractivity contribution < 1.29 is 4.79 Å². The summed E-state index contributed by atoms with van der Waals surface area (Å²) < 4.78 is 1.81. The van der Waals surface area contributed by atoms with Gasteiger partial charge in [-0.25, -0.2) is 4.52 Å². The van der Waals surface area contributed by atoms with Crippen molar-refractivity contribution in [3.05, 3.63) is 108 Å². The number of carbonyl (C=O) groups is 1. The fourth-order valence-electron chi connectivity index (χ4n) is 4.70. The summed E-state index contributed by atoms with van der Waals surface area (Å²) in [4.78, 5) is 17.3. The third kappa shape index (κ3) is 4.38. The van der Waals surface area contributed by atoms with Gasteiger partial charge in [-0.05, 0) is 54.4 Å². The van der Waals surface area contributed by atoms with E-state index in [9.17, 15) is 4.79 Å². The third-order valence-corrected chi connectivity index (χ3v) is 6.55. The van der Waals surface area contributed by atoms with Gasteiger partial charge in [0.1, 0.15) is 0 Å². The van der Waals surface area contributed by atoms with Crippen LogP contribution in [-0.2, 0) is 0 Å². The minimum absolute atomic E-state index is 0.0610. The average Bonchev–Trinajstić information content (AvgIpc) is 3.53. The highest BCUT2D eigenvalue weighted by molar-refractivity contribution is 5.94. The first-order chi connectivity index (χ1) is 17.7. The predicted molar refractivity (Wildman–Crippen MR) is 143 cm³/mol. The van der Waals surface area contributed by atoms with Gasteiger partial charge in [-0.3, -0.25) is 4.79 Å². The first kappa shape index (κ1) is 21.9. The molecule has 0 fully saturated rings. The molecule has 1 amide bonds. The molecule has 3 N–H and O–H groups in total. The fourth-order valence-corrected chi connectivity index (χ4v) is 4.70. The average molecular weight is 475 g/mol. The largest absolute Gasteiger partial charge is 0.384 e. The van der Waals surface area contributed by atoms with Gasteiger partial charge in [0.2, 0.25) is 5.95 Å². The molecule has 1 unspecified atom stereocenters. The molecule has 7 nitrogen and oxygen atoms in total. The Balaban J connectivity index is 1.12. The molecule has 1 aliphatic heterocycles. The molecule has 1 atom stereocenters. The van der Waals surface area contributed by atoms with Crippen molar-refractivity contribution in [1.29, 1.82) is 0 Å². The van der Waals surface area contributed by atoms with Crippen LogP contribution < -0.4 is 16.0 Å². The van der Waals surface area contributed by atoms with E-state index in [1.54, 1.807) is 0 Å². The molecule has 5 aromatic rings. The molecule has 7 heteroatoms. The zero-order valence-electron chi connectivity index (χ0n) is 19.7. The van der Waals surface area contributed by atoms with Gasteiger partial charge in [0.15, 0.2) is 5.65 Å². The highest BCUT2D eigenvalue weighted by Gasteiger charge is 2.21. The van der Waals surface area contributed by atoms with Crippen molar-refractivity contribution in [3.63, 3.8) is 0 Å². The van der Waals surface area contributed by atoms with Gasteiger partial charge in [-0.15, -0.1) is 5.10 Å². The van der Waals surface area contributed by atoms with Gasteiger partial charge in [0, 0.05) is 41.5 Å². The topological polar surface area (TPSA) is 83.3 Å². The second-order valence-corrected chi connectivity index (χ2v) is 8.89. The van der Waals surface area contributed by atoms with Crippen LogP contribution in [0.3, 0.4) is 0 Å². The summed E-state index contributed by atoms with van der Waals surface area (Å²) in [5, 5.41) is 14.4. The Hall–Kier alpha value is -4.65. The minimum atomic E-state index is -0.0610. The molecule has 0 bridgehead atoms. The van der Waals surface area contributed by atoms with Gasteiger partial charge in [0.05, 0.1) is 5.69 Å². The standard InChI is InChI=1S/C29H26N6O/c36-28(30-18-17-22-19-31-25-10-5-4-9-24(22)25)21-15-13-20(14-16-21)26-11-6-12-27-33-29(34-35(26)27)32-23-7-2-1-3-8-23/h1-16,22,31H,17-19H2,(H,30,36)(H,32,34). The third-order valence-electron chi connectivity index (χ3n) is 6.55. The lowest BCUT2D eigenvalue weighted by atomic mass is 9.98. The number of aromatic nitrogens is 3. The molecule has 1 aliphatic rings. The number of fused-ring (bicyclic) bond motifs is 2. The van der Waals surface area contributed by atoms with Gasteiger partial charge < -0.3 is 16.0 Å². The molecule has 2 aromatic heterocycles. The Kier molecular flexibility index (Phi) is 5.79. The number of hydrogen-bond acceptors (Lipinski definition) is 5. The van der Waals surface area contributed by atoms with Crippen LogP contribution in [0.2, 0.25) is 0 Å². The number of hydrogen-bond donors (Lipinski definition) is 3. The van der Waals surface area contributed by atoms with Crippen LogP contribution in [0.4, 0.5) is 17.3 Å². The summed E-state index contributed by atoms with van der Waals surface area (Å²) >= 11 is 0. The van der Waals surface area contributed by atoms with Crippen LogP contribution in [0.5, 0.6) is 0 Å². The molecule has 3 heterocycles. The number of carbonyl (C=O) groups excluding carboxylic acids is 1. The number of pyridine rings is 1. The zero-order chi connectivity index (χ0) is 24.3.